The summed E-state index contributed by atoms with van der Waals surface area (Å²) in [6, 6.07) is -0.0928. The number of carbonyl (C=O) groups is 1. The van der Waals surface area contributed by atoms with Crippen LogP contribution in [0.15, 0.2) is 21.8 Å². The van der Waals surface area contributed by atoms with E-state index in [2.05, 4.69) is 20.1 Å². The molecule has 4 rings (SSSR count). The molecular formula is C16H18N6O3. The van der Waals surface area contributed by atoms with Crippen molar-refractivity contribution in [2.24, 2.45) is 0 Å². The summed E-state index contributed by atoms with van der Waals surface area (Å²) >= 11 is 0. The van der Waals surface area contributed by atoms with Crippen LogP contribution in [0.5, 0.6) is 0 Å². The van der Waals surface area contributed by atoms with Gasteiger partial charge in [0.2, 0.25) is 5.91 Å². The molecule has 9 nitrogen and oxygen atoms in total. The van der Waals surface area contributed by atoms with Crippen LogP contribution < -0.4 is 5.69 Å². The molecule has 0 aliphatic carbocycles. The molecule has 0 saturated carbocycles. The highest BCUT2D eigenvalue weighted by Gasteiger charge is 2.30. The summed E-state index contributed by atoms with van der Waals surface area (Å²) in [4.78, 5) is 37.5. The molecule has 1 N–H and O–H groups in total. The second kappa shape index (κ2) is 5.83. The van der Waals surface area contributed by atoms with Crippen molar-refractivity contribution in [3.8, 4) is 0 Å². The molecule has 1 aliphatic rings. The molecule has 0 bridgehead atoms. The van der Waals surface area contributed by atoms with Crippen LogP contribution in [-0.2, 0) is 11.2 Å². The second-order valence-corrected chi connectivity index (χ2v) is 6.32. The summed E-state index contributed by atoms with van der Waals surface area (Å²) in [7, 11) is 0. The quantitative estimate of drug-likeness (QED) is 0.752. The van der Waals surface area contributed by atoms with E-state index in [4.69, 9.17) is 4.52 Å². The zero-order chi connectivity index (χ0) is 17.6. The molecule has 1 fully saturated rings. The van der Waals surface area contributed by atoms with Crippen LogP contribution >= 0.6 is 0 Å². The number of carbonyl (C=O) groups excluding carboxylic acids is 1. The lowest BCUT2D eigenvalue weighted by molar-refractivity contribution is -0.129. The Kier molecular flexibility index (Phi) is 3.63. The number of hydrogen-bond donors (Lipinski definition) is 1. The van der Waals surface area contributed by atoms with Crippen LogP contribution in [-0.4, -0.2) is 48.6 Å². The number of likely N-dealkylation sites (tertiary alicyclic amines) is 1. The minimum absolute atomic E-state index is 0.0133. The average Bonchev–Trinajstić information content (AvgIpc) is 3.27. The maximum atomic E-state index is 12.6. The second-order valence-electron chi connectivity index (χ2n) is 6.32. The van der Waals surface area contributed by atoms with Crippen molar-refractivity contribution < 1.29 is 9.32 Å². The fraction of sp³-hybridized carbons (Fsp3) is 0.438. The van der Waals surface area contributed by atoms with Gasteiger partial charge in [-0.25, -0.2) is 14.8 Å². The van der Waals surface area contributed by atoms with E-state index < -0.39 is 0 Å². The first kappa shape index (κ1) is 15.6. The topological polar surface area (TPSA) is 110 Å². The number of rotatable bonds is 3. The Bertz CT molecular complexity index is 981. The highest BCUT2D eigenvalue weighted by Crippen LogP contribution is 2.24. The van der Waals surface area contributed by atoms with Gasteiger partial charge in [0.25, 0.3) is 0 Å². The molecule has 25 heavy (non-hydrogen) atoms. The molecule has 0 radical (unpaired) electrons. The van der Waals surface area contributed by atoms with Crippen LogP contribution in [0, 0.1) is 13.8 Å². The maximum Gasteiger partial charge on any atom is 0.328 e. The van der Waals surface area contributed by atoms with Gasteiger partial charge in [-0.2, -0.15) is 0 Å². The van der Waals surface area contributed by atoms with Crippen molar-refractivity contribution in [1.82, 2.24) is 29.6 Å². The number of nitrogens with zero attached hydrogens (tertiary/aromatic N) is 5. The first-order valence-electron chi connectivity index (χ1n) is 8.14. The van der Waals surface area contributed by atoms with E-state index in [1.807, 2.05) is 6.92 Å². The minimum atomic E-state index is -0.222. The predicted octanol–water partition coefficient (Wildman–Crippen LogP) is 0.741. The summed E-state index contributed by atoms with van der Waals surface area (Å²) in [6.07, 6.45) is 3.97. The summed E-state index contributed by atoms with van der Waals surface area (Å²) in [5.74, 6) is 0.686. The molecule has 1 amide bonds. The highest BCUT2D eigenvalue weighted by atomic mass is 16.5. The van der Waals surface area contributed by atoms with Crippen LogP contribution in [0.2, 0.25) is 0 Å². The Labute approximate surface area is 142 Å². The van der Waals surface area contributed by atoms with E-state index in [1.54, 1.807) is 22.6 Å². The third-order valence-electron chi connectivity index (χ3n) is 4.77. The summed E-state index contributed by atoms with van der Waals surface area (Å²) in [6.45, 7) is 4.73. The maximum absolute atomic E-state index is 12.6. The summed E-state index contributed by atoms with van der Waals surface area (Å²) < 4.78 is 6.74. The lowest BCUT2D eigenvalue weighted by Crippen LogP contribution is -2.32. The van der Waals surface area contributed by atoms with Crippen LogP contribution in [0.4, 0.5) is 0 Å². The summed E-state index contributed by atoms with van der Waals surface area (Å²) in [5.41, 5.74) is 2.54. The van der Waals surface area contributed by atoms with Gasteiger partial charge in [-0.3, -0.25) is 9.36 Å². The highest BCUT2D eigenvalue weighted by molar-refractivity contribution is 5.79. The summed E-state index contributed by atoms with van der Waals surface area (Å²) in [5, 5.41) is 3.89. The molecule has 0 spiro atoms. The molecule has 3 aromatic rings. The molecule has 0 aromatic carbocycles. The zero-order valence-corrected chi connectivity index (χ0v) is 14.0. The lowest BCUT2D eigenvalue weighted by atomic mass is 10.1. The molecule has 130 valence electrons. The van der Waals surface area contributed by atoms with Crippen molar-refractivity contribution >= 4 is 17.1 Å². The molecule has 4 heterocycles. The van der Waals surface area contributed by atoms with E-state index in [9.17, 15) is 9.59 Å². The Morgan fingerprint density at radius 2 is 2.28 bits per heavy atom. The van der Waals surface area contributed by atoms with Gasteiger partial charge in [0.15, 0.2) is 5.65 Å². The standard InChI is InChI=1S/C16H18N6O3/c1-9-12(10(2)25-20-9)5-14(23)21-4-3-11(7-21)22-15-13(19-16(22)24)6-17-8-18-15/h6,8,11H,3-5,7H2,1-2H3,(H,19,24). The molecule has 3 aromatic heterocycles. The van der Waals surface area contributed by atoms with Gasteiger partial charge in [-0.05, 0) is 20.3 Å². The van der Waals surface area contributed by atoms with Crippen molar-refractivity contribution in [1.29, 1.82) is 0 Å². The number of aryl methyl sites for hydroxylation is 2. The number of imidazole rings is 1. The van der Waals surface area contributed by atoms with E-state index in [1.165, 1.54) is 6.33 Å². The predicted molar refractivity (Wildman–Crippen MR) is 88.1 cm³/mol. The van der Waals surface area contributed by atoms with Gasteiger partial charge in [-0.15, -0.1) is 0 Å². The third-order valence-corrected chi connectivity index (χ3v) is 4.77. The third kappa shape index (κ3) is 2.61. The first-order valence-corrected chi connectivity index (χ1v) is 8.14. The number of amides is 1. The fourth-order valence-corrected chi connectivity index (χ4v) is 3.41. The average molecular weight is 342 g/mol. The Hall–Kier alpha value is -2.97. The van der Waals surface area contributed by atoms with Crippen molar-refractivity contribution in [3.63, 3.8) is 0 Å². The molecular weight excluding hydrogens is 324 g/mol. The Morgan fingerprint density at radius 3 is 3.04 bits per heavy atom. The van der Waals surface area contributed by atoms with Crippen LogP contribution in [0.1, 0.15) is 29.5 Å². The number of nitrogens with one attached hydrogen (secondary N) is 1. The van der Waals surface area contributed by atoms with Crippen molar-refractivity contribution in [2.45, 2.75) is 32.7 Å². The van der Waals surface area contributed by atoms with Gasteiger partial charge in [0.05, 0.1) is 24.4 Å². The van der Waals surface area contributed by atoms with Crippen LogP contribution in [0.3, 0.4) is 0 Å². The minimum Gasteiger partial charge on any atom is -0.361 e. The number of fused-ring (bicyclic) bond motifs is 1. The number of hydrogen-bond acceptors (Lipinski definition) is 6. The molecule has 1 unspecified atom stereocenters. The zero-order valence-electron chi connectivity index (χ0n) is 14.0. The van der Waals surface area contributed by atoms with E-state index in [-0.39, 0.29) is 24.1 Å². The van der Waals surface area contributed by atoms with Gasteiger partial charge >= 0.3 is 5.69 Å². The van der Waals surface area contributed by atoms with Crippen LogP contribution in [0.25, 0.3) is 11.2 Å². The SMILES string of the molecule is Cc1noc(C)c1CC(=O)N1CCC(n2c(=O)[nH]c3cncnc32)C1. The lowest BCUT2D eigenvalue weighted by Gasteiger charge is -2.17. The normalized spacial score (nSPS) is 17.5. The molecule has 1 atom stereocenters. The van der Waals surface area contributed by atoms with Crippen molar-refractivity contribution in [3.05, 3.63) is 40.0 Å². The smallest absolute Gasteiger partial charge is 0.328 e. The van der Waals surface area contributed by atoms with Crippen molar-refractivity contribution in [2.75, 3.05) is 13.1 Å². The first-order chi connectivity index (χ1) is 12.0. The van der Waals surface area contributed by atoms with Gasteiger partial charge in [-0.1, -0.05) is 5.16 Å². The van der Waals surface area contributed by atoms with E-state index in [0.29, 0.717) is 36.4 Å². The number of H-pyrrole nitrogens is 1. The van der Waals surface area contributed by atoms with Gasteiger partial charge in [0, 0.05) is 18.7 Å². The van der Waals surface area contributed by atoms with Gasteiger partial charge in [0.1, 0.15) is 17.6 Å². The Balaban J connectivity index is 1.54. The van der Waals surface area contributed by atoms with E-state index >= 15 is 0 Å². The number of aromatic amines is 1. The largest absolute Gasteiger partial charge is 0.361 e. The molecule has 1 aliphatic heterocycles. The monoisotopic (exact) mass is 342 g/mol. The fourth-order valence-electron chi connectivity index (χ4n) is 3.41. The number of aromatic nitrogens is 5. The van der Waals surface area contributed by atoms with Gasteiger partial charge < -0.3 is 14.4 Å². The Morgan fingerprint density at radius 1 is 1.44 bits per heavy atom. The van der Waals surface area contributed by atoms with E-state index in [0.717, 1.165) is 11.3 Å². The molecule has 1 saturated heterocycles. The molecule has 9 heteroatoms.